The van der Waals surface area contributed by atoms with Crippen molar-refractivity contribution in [1.82, 2.24) is 4.90 Å². The zero-order valence-corrected chi connectivity index (χ0v) is 21.5. The predicted octanol–water partition coefficient (Wildman–Crippen LogP) is 8.65. The number of halogens is 1. The number of hydrogen-bond acceptors (Lipinski definition) is 2. The fraction of sp³-hybridized carbons (Fsp3) is 0.0571. The highest BCUT2D eigenvalue weighted by Crippen LogP contribution is 2.57. The van der Waals surface area contributed by atoms with E-state index in [1.165, 1.54) is 33.5 Å². The maximum Gasteiger partial charge on any atom is 0.131 e. The molecule has 2 heterocycles. The zero-order valence-electron chi connectivity index (χ0n) is 20.8. The Balaban J connectivity index is 1.63. The maximum atomic E-state index is 6.44. The van der Waals surface area contributed by atoms with Crippen LogP contribution in [0.4, 0.5) is 5.69 Å². The van der Waals surface area contributed by atoms with Crippen LogP contribution in [0.15, 0.2) is 150 Å². The van der Waals surface area contributed by atoms with Gasteiger partial charge in [-0.05, 0) is 46.0 Å². The summed E-state index contributed by atoms with van der Waals surface area (Å²) >= 11 is 6.44. The van der Waals surface area contributed by atoms with Gasteiger partial charge in [-0.25, -0.2) is 4.99 Å². The van der Waals surface area contributed by atoms with Crippen LogP contribution in [-0.2, 0) is 12.0 Å². The lowest BCUT2D eigenvalue weighted by Crippen LogP contribution is -2.63. The van der Waals surface area contributed by atoms with Crippen LogP contribution >= 0.6 is 11.6 Å². The third-order valence-electron chi connectivity index (χ3n) is 7.59. The van der Waals surface area contributed by atoms with E-state index < -0.39 is 5.41 Å². The van der Waals surface area contributed by atoms with Gasteiger partial charge < -0.3 is 4.90 Å². The molecule has 1 saturated heterocycles. The van der Waals surface area contributed by atoms with E-state index in [4.69, 9.17) is 16.6 Å². The van der Waals surface area contributed by atoms with Crippen molar-refractivity contribution in [2.45, 2.75) is 12.0 Å². The Morgan fingerprint density at radius 3 is 1.66 bits per heavy atom. The summed E-state index contributed by atoms with van der Waals surface area (Å²) < 4.78 is 0. The molecule has 3 heteroatoms. The molecule has 2 nitrogen and oxygen atoms in total. The molecular weight excluding hydrogens is 484 g/mol. The zero-order chi connectivity index (χ0) is 25.5. The Kier molecular flexibility index (Phi) is 5.49. The van der Waals surface area contributed by atoms with Crippen molar-refractivity contribution >= 4 is 28.7 Å². The molecule has 0 atom stereocenters. The lowest BCUT2D eigenvalue weighted by molar-refractivity contribution is 0.353. The molecule has 1 fully saturated rings. The van der Waals surface area contributed by atoms with Crippen molar-refractivity contribution in [2.24, 2.45) is 4.99 Å². The molecule has 0 aromatic heterocycles. The SMILES string of the molecule is Clc1ccc2c(c1)CN1C(=N2)C(c2ccccc2)(c2ccccc2)C1=C(c1ccccc1)c1ccccc1. The average molecular weight is 509 g/mol. The van der Waals surface area contributed by atoms with Gasteiger partial charge in [-0.1, -0.05) is 133 Å². The van der Waals surface area contributed by atoms with E-state index >= 15 is 0 Å². The molecule has 0 amide bonds. The van der Waals surface area contributed by atoms with Crippen LogP contribution in [0.25, 0.3) is 5.57 Å². The smallest absolute Gasteiger partial charge is 0.131 e. The van der Waals surface area contributed by atoms with Crippen LogP contribution in [0, 0.1) is 0 Å². The standard InChI is InChI=1S/C35H25ClN2/c36-30-21-22-31-27(23-30)24-38-33(32(25-13-5-1-6-14-25)26-15-7-2-8-16-26)35(34(38)37-31,28-17-9-3-10-18-28)29-19-11-4-12-20-29/h1-23H,24H2. The van der Waals surface area contributed by atoms with Gasteiger partial charge in [0, 0.05) is 10.6 Å². The highest BCUT2D eigenvalue weighted by atomic mass is 35.5. The second-order valence-corrected chi connectivity index (χ2v) is 10.2. The lowest BCUT2D eigenvalue weighted by Gasteiger charge is -2.57. The molecule has 2 aliphatic rings. The van der Waals surface area contributed by atoms with Gasteiger partial charge in [0.15, 0.2) is 0 Å². The van der Waals surface area contributed by atoms with Crippen LogP contribution in [0.5, 0.6) is 0 Å². The second kappa shape index (κ2) is 9.16. The van der Waals surface area contributed by atoms with E-state index in [9.17, 15) is 0 Å². The van der Waals surface area contributed by atoms with Gasteiger partial charge in [-0.15, -0.1) is 0 Å². The number of rotatable bonds is 4. The molecule has 7 rings (SSSR count). The Hall–Kier alpha value is -4.40. The van der Waals surface area contributed by atoms with Crippen molar-refractivity contribution in [3.8, 4) is 0 Å². The predicted molar refractivity (Wildman–Crippen MR) is 157 cm³/mol. The molecule has 0 saturated carbocycles. The molecular formula is C35H25ClN2. The fourth-order valence-electron chi connectivity index (χ4n) is 5.98. The highest BCUT2D eigenvalue weighted by molar-refractivity contribution is 6.30. The Morgan fingerprint density at radius 2 is 1.13 bits per heavy atom. The molecule has 0 radical (unpaired) electrons. The van der Waals surface area contributed by atoms with Gasteiger partial charge in [0.25, 0.3) is 0 Å². The summed E-state index contributed by atoms with van der Waals surface area (Å²) in [5, 5.41) is 0.733. The van der Waals surface area contributed by atoms with Crippen molar-refractivity contribution in [3.63, 3.8) is 0 Å². The molecule has 0 N–H and O–H groups in total. The van der Waals surface area contributed by atoms with E-state index in [0.29, 0.717) is 6.54 Å². The van der Waals surface area contributed by atoms with Gasteiger partial charge in [-0.3, -0.25) is 0 Å². The minimum absolute atomic E-state index is 0.541. The van der Waals surface area contributed by atoms with E-state index in [1.807, 2.05) is 18.2 Å². The number of fused-ring (bicyclic) bond motifs is 2. The third-order valence-corrected chi connectivity index (χ3v) is 7.82. The summed E-state index contributed by atoms with van der Waals surface area (Å²) in [6.45, 7) is 0.717. The van der Waals surface area contributed by atoms with Crippen molar-refractivity contribution in [1.29, 1.82) is 0 Å². The minimum Gasteiger partial charge on any atom is -0.325 e. The van der Waals surface area contributed by atoms with Crippen molar-refractivity contribution in [2.75, 3.05) is 0 Å². The molecule has 0 bridgehead atoms. The summed E-state index contributed by atoms with van der Waals surface area (Å²) in [4.78, 5) is 7.73. The maximum absolute atomic E-state index is 6.44. The number of aliphatic imine (C=N–C) groups is 1. The molecule has 38 heavy (non-hydrogen) atoms. The first kappa shape index (κ1) is 22.8. The molecule has 2 aliphatic heterocycles. The fourth-order valence-corrected chi connectivity index (χ4v) is 6.18. The summed E-state index contributed by atoms with van der Waals surface area (Å²) in [6.07, 6.45) is 0. The van der Waals surface area contributed by atoms with Crippen molar-refractivity contribution in [3.05, 3.63) is 178 Å². The number of hydrogen-bond donors (Lipinski definition) is 0. The van der Waals surface area contributed by atoms with Crippen LogP contribution in [0.2, 0.25) is 5.02 Å². The summed E-state index contributed by atoms with van der Waals surface area (Å²) in [5.41, 5.74) is 8.80. The number of benzene rings is 5. The van der Waals surface area contributed by atoms with Crippen molar-refractivity contribution < 1.29 is 0 Å². The molecule has 182 valence electrons. The lowest BCUT2D eigenvalue weighted by atomic mass is 9.61. The molecule has 5 aromatic rings. The Morgan fingerprint density at radius 1 is 0.632 bits per heavy atom. The van der Waals surface area contributed by atoms with Gasteiger partial charge in [0.2, 0.25) is 0 Å². The van der Waals surface area contributed by atoms with Gasteiger partial charge in [-0.2, -0.15) is 0 Å². The summed E-state index contributed by atoms with van der Waals surface area (Å²) in [7, 11) is 0. The van der Waals surface area contributed by atoms with E-state index in [1.54, 1.807) is 0 Å². The molecule has 5 aromatic carbocycles. The Labute approximate surface area is 228 Å². The van der Waals surface area contributed by atoms with Gasteiger partial charge >= 0.3 is 0 Å². The second-order valence-electron chi connectivity index (χ2n) is 9.73. The largest absolute Gasteiger partial charge is 0.325 e. The topological polar surface area (TPSA) is 15.6 Å². The molecule has 0 unspecified atom stereocenters. The van der Waals surface area contributed by atoms with E-state index in [0.717, 1.165) is 22.1 Å². The minimum atomic E-state index is -0.541. The molecule has 0 aliphatic carbocycles. The van der Waals surface area contributed by atoms with E-state index in [2.05, 4.69) is 126 Å². The van der Waals surface area contributed by atoms with E-state index in [-0.39, 0.29) is 0 Å². The Bertz CT molecular complexity index is 1590. The number of nitrogens with zero attached hydrogens (tertiary/aromatic N) is 2. The summed E-state index contributed by atoms with van der Waals surface area (Å²) in [5.74, 6) is 1.05. The first-order valence-electron chi connectivity index (χ1n) is 12.9. The van der Waals surface area contributed by atoms with Crippen LogP contribution < -0.4 is 0 Å². The van der Waals surface area contributed by atoms with Gasteiger partial charge in [0.1, 0.15) is 11.3 Å². The monoisotopic (exact) mass is 508 g/mol. The number of amidine groups is 1. The van der Waals surface area contributed by atoms with Crippen LogP contribution in [-0.4, -0.2) is 10.7 Å². The normalized spacial score (nSPS) is 15.1. The molecule has 0 spiro atoms. The quantitative estimate of drug-likeness (QED) is 0.237. The van der Waals surface area contributed by atoms with Crippen LogP contribution in [0.3, 0.4) is 0 Å². The average Bonchev–Trinajstić information content (AvgIpc) is 2.98. The third kappa shape index (κ3) is 3.45. The first-order chi connectivity index (χ1) is 18.8. The highest BCUT2D eigenvalue weighted by Gasteiger charge is 2.59. The van der Waals surface area contributed by atoms with Crippen LogP contribution in [0.1, 0.15) is 27.8 Å². The summed E-state index contributed by atoms with van der Waals surface area (Å²) in [6, 6.07) is 49.1. The van der Waals surface area contributed by atoms with Gasteiger partial charge in [0.05, 0.1) is 17.9 Å². The first-order valence-corrected chi connectivity index (χ1v) is 13.3.